The smallest absolute Gasteiger partial charge is 0.258 e. The van der Waals surface area contributed by atoms with E-state index in [-0.39, 0.29) is 10.8 Å². The summed E-state index contributed by atoms with van der Waals surface area (Å²) in [4.78, 5) is 5.48. The van der Waals surface area contributed by atoms with E-state index in [0.29, 0.717) is 23.0 Å². The number of aromatic hydroxyl groups is 1. The summed E-state index contributed by atoms with van der Waals surface area (Å²) in [5.41, 5.74) is 0.682. The minimum absolute atomic E-state index is 0.0276. The number of benzene rings is 2. The monoisotopic (exact) mass is 318 g/mol. The van der Waals surface area contributed by atoms with Gasteiger partial charge >= 0.3 is 0 Å². The molecule has 6 heteroatoms. The molecule has 2 aromatic carbocycles. The quantitative estimate of drug-likeness (QED) is 0.723. The molecule has 1 aromatic heterocycles. The van der Waals surface area contributed by atoms with Crippen LogP contribution in [0.5, 0.6) is 5.75 Å². The second-order valence-corrected chi connectivity index (χ2v) is 5.74. The van der Waals surface area contributed by atoms with Crippen LogP contribution >= 0.6 is 23.4 Å². The summed E-state index contributed by atoms with van der Waals surface area (Å²) in [6.07, 6.45) is 0. The molecule has 0 saturated heterocycles. The Hall–Kier alpha value is -1.98. The summed E-state index contributed by atoms with van der Waals surface area (Å²) in [7, 11) is 0. The molecule has 0 radical (unpaired) electrons. The summed E-state index contributed by atoms with van der Waals surface area (Å²) < 4.78 is 5.22. The molecule has 0 aliphatic carbocycles. The van der Waals surface area contributed by atoms with Crippen LogP contribution in [-0.4, -0.2) is 15.2 Å². The van der Waals surface area contributed by atoms with Gasteiger partial charge in [-0.3, -0.25) is 0 Å². The zero-order valence-electron chi connectivity index (χ0n) is 10.9. The lowest BCUT2D eigenvalue weighted by Gasteiger charge is -1.98. The average molecular weight is 319 g/mol. The summed E-state index contributed by atoms with van der Waals surface area (Å²) >= 11 is 7.50. The van der Waals surface area contributed by atoms with E-state index in [1.807, 2.05) is 30.3 Å². The highest BCUT2D eigenvalue weighted by atomic mass is 35.5. The van der Waals surface area contributed by atoms with Crippen molar-refractivity contribution < 1.29 is 9.63 Å². The zero-order valence-corrected chi connectivity index (χ0v) is 12.4. The number of halogens is 1. The van der Waals surface area contributed by atoms with Gasteiger partial charge in [0.15, 0.2) is 5.82 Å². The number of hydrogen-bond acceptors (Lipinski definition) is 5. The van der Waals surface area contributed by atoms with Crippen LogP contribution < -0.4 is 0 Å². The molecule has 4 nitrogen and oxygen atoms in total. The third-order valence-electron chi connectivity index (χ3n) is 2.77. The van der Waals surface area contributed by atoms with Crippen LogP contribution in [0.4, 0.5) is 0 Å². The predicted molar refractivity (Wildman–Crippen MR) is 82.4 cm³/mol. The molecule has 3 aromatic rings. The van der Waals surface area contributed by atoms with Crippen LogP contribution in [0.2, 0.25) is 5.02 Å². The van der Waals surface area contributed by atoms with Crippen molar-refractivity contribution in [2.45, 2.75) is 10.6 Å². The molecule has 0 spiro atoms. The third-order valence-corrected chi connectivity index (χ3v) is 4.08. The first-order chi connectivity index (χ1) is 10.2. The summed E-state index contributed by atoms with van der Waals surface area (Å²) in [6.45, 7) is 0. The Bertz CT molecular complexity index is 746. The van der Waals surface area contributed by atoms with Gasteiger partial charge < -0.3 is 9.63 Å². The highest BCUT2D eigenvalue weighted by Gasteiger charge is 2.11. The van der Waals surface area contributed by atoms with E-state index < -0.39 is 0 Å². The molecule has 0 amide bonds. The highest BCUT2D eigenvalue weighted by molar-refractivity contribution is 7.98. The second kappa shape index (κ2) is 6.20. The first-order valence-electron chi connectivity index (χ1n) is 6.22. The first-order valence-corrected chi connectivity index (χ1v) is 7.58. The lowest BCUT2D eigenvalue weighted by Crippen LogP contribution is -1.84. The average Bonchev–Trinajstić information content (AvgIpc) is 2.98. The normalized spacial score (nSPS) is 10.7. The van der Waals surface area contributed by atoms with Gasteiger partial charge in [-0.25, -0.2) is 0 Å². The van der Waals surface area contributed by atoms with E-state index in [1.54, 1.807) is 23.9 Å². The summed E-state index contributed by atoms with van der Waals surface area (Å²) in [5.74, 6) is 1.66. The maximum atomic E-state index is 9.40. The number of aromatic nitrogens is 2. The molecule has 0 aliphatic rings. The van der Waals surface area contributed by atoms with Crippen LogP contribution in [0.15, 0.2) is 57.9 Å². The number of phenolic OH excluding ortho intramolecular Hbond substituents is 1. The van der Waals surface area contributed by atoms with Gasteiger partial charge in [-0.05, 0) is 30.3 Å². The fourth-order valence-corrected chi connectivity index (χ4v) is 2.68. The van der Waals surface area contributed by atoms with E-state index in [4.69, 9.17) is 16.1 Å². The van der Waals surface area contributed by atoms with E-state index in [2.05, 4.69) is 10.1 Å². The Morgan fingerprint density at radius 3 is 2.71 bits per heavy atom. The van der Waals surface area contributed by atoms with Gasteiger partial charge in [0, 0.05) is 10.5 Å². The van der Waals surface area contributed by atoms with Crippen molar-refractivity contribution >= 4 is 23.4 Å². The fourth-order valence-electron chi connectivity index (χ4n) is 1.73. The molecule has 106 valence electrons. The molecule has 0 atom stereocenters. The standard InChI is InChI=1S/C15H11ClN2O2S/c16-12-8-10(6-7-13(12)19)15-17-14(18-20-15)9-21-11-4-2-1-3-5-11/h1-8,19H,9H2. The molecular weight excluding hydrogens is 308 g/mol. The molecule has 0 unspecified atom stereocenters. The van der Waals surface area contributed by atoms with Crippen LogP contribution in [0.1, 0.15) is 5.82 Å². The lowest BCUT2D eigenvalue weighted by atomic mass is 10.2. The molecular formula is C15H11ClN2O2S. The van der Waals surface area contributed by atoms with Crippen LogP contribution in [0, 0.1) is 0 Å². The van der Waals surface area contributed by atoms with Gasteiger partial charge in [0.05, 0.1) is 10.8 Å². The van der Waals surface area contributed by atoms with Crippen molar-refractivity contribution in [1.29, 1.82) is 0 Å². The minimum atomic E-state index is 0.0276. The number of thioether (sulfide) groups is 1. The lowest BCUT2D eigenvalue weighted by molar-refractivity contribution is 0.425. The van der Waals surface area contributed by atoms with Gasteiger partial charge in [0.25, 0.3) is 5.89 Å². The number of rotatable bonds is 4. The Kier molecular flexibility index (Phi) is 4.13. The Morgan fingerprint density at radius 2 is 1.95 bits per heavy atom. The van der Waals surface area contributed by atoms with Crippen molar-refractivity contribution in [2.24, 2.45) is 0 Å². The number of nitrogens with zero attached hydrogens (tertiary/aromatic N) is 2. The molecule has 1 heterocycles. The Labute approximate surface area is 130 Å². The van der Waals surface area contributed by atoms with Crippen molar-refractivity contribution in [3.63, 3.8) is 0 Å². The molecule has 3 rings (SSSR count). The predicted octanol–water partition coefficient (Wildman–Crippen LogP) is 4.39. The maximum absolute atomic E-state index is 9.40. The second-order valence-electron chi connectivity index (χ2n) is 4.28. The Balaban J connectivity index is 1.72. The summed E-state index contributed by atoms with van der Waals surface area (Å²) in [6, 6.07) is 14.8. The van der Waals surface area contributed by atoms with Gasteiger partial charge in [-0.2, -0.15) is 4.98 Å². The third kappa shape index (κ3) is 3.37. The van der Waals surface area contributed by atoms with E-state index in [0.717, 1.165) is 4.90 Å². The van der Waals surface area contributed by atoms with Gasteiger partial charge in [0.2, 0.25) is 0 Å². The number of phenols is 1. The SMILES string of the molecule is Oc1ccc(-c2nc(CSc3ccccc3)no2)cc1Cl. The van der Waals surface area contributed by atoms with Crippen molar-refractivity contribution in [2.75, 3.05) is 0 Å². The molecule has 21 heavy (non-hydrogen) atoms. The highest BCUT2D eigenvalue weighted by Crippen LogP contribution is 2.29. The van der Waals surface area contributed by atoms with Crippen molar-refractivity contribution in [1.82, 2.24) is 10.1 Å². The van der Waals surface area contributed by atoms with Gasteiger partial charge in [-0.1, -0.05) is 35.0 Å². The largest absolute Gasteiger partial charge is 0.506 e. The van der Waals surface area contributed by atoms with E-state index in [1.165, 1.54) is 6.07 Å². The Morgan fingerprint density at radius 1 is 1.14 bits per heavy atom. The first kappa shape index (κ1) is 14.0. The van der Waals surface area contributed by atoms with E-state index in [9.17, 15) is 5.11 Å². The van der Waals surface area contributed by atoms with Gasteiger partial charge in [-0.15, -0.1) is 11.8 Å². The van der Waals surface area contributed by atoms with E-state index >= 15 is 0 Å². The minimum Gasteiger partial charge on any atom is -0.506 e. The van der Waals surface area contributed by atoms with Crippen molar-refractivity contribution in [3.8, 4) is 17.2 Å². The molecule has 0 saturated carbocycles. The topological polar surface area (TPSA) is 59.2 Å². The van der Waals surface area contributed by atoms with Crippen molar-refractivity contribution in [3.05, 3.63) is 59.4 Å². The molecule has 0 fully saturated rings. The fraction of sp³-hybridized carbons (Fsp3) is 0.0667. The number of hydrogen-bond donors (Lipinski definition) is 1. The molecule has 0 aliphatic heterocycles. The van der Waals surface area contributed by atoms with Crippen LogP contribution in [-0.2, 0) is 5.75 Å². The van der Waals surface area contributed by atoms with Crippen LogP contribution in [0.3, 0.4) is 0 Å². The zero-order chi connectivity index (χ0) is 14.7. The van der Waals surface area contributed by atoms with Gasteiger partial charge in [0.1, 0.15) is 5.75 Å². The molecule has 1 N–H and O–H groups in total. The maximum Gasteiger partial charge on any atom is 0.258 e. The summed E-state index contributed by atoms with van der Waals surface area (Å²) in [5, 5.41) is 13.6. The molecule has 0 bridgehead atoms. The van der Waals surface area contributed by atoms with Crippen LogP contribution in [0.25, 0.3) is 11.5 Å².